The fourth-order valence-electron chi connectivity index (χ4n) is 2.32. The Labute approximate surface area is 149 Å². The second-order valence-corrected chi connectivity index (χ2v) is 6.57. The molecule has 0 aliphatic rings. The first-order valence-corrected chi connectivity index (χ1v) is 8.68. The molecule has 2 aromatic carbocycles. The van der Waals surface area contributed by atoms with Gasteiger partial charge in [0, 0.05) is 11.3 Å². The number of nitrogens with one attached hydrogen (secondary N) is 2. The molecule has 2 N–H and O–H groups in total. The monoisotopic (exact) mass is 356 g/mol. The van der Waals surface area contributed by atoms with E-state index >= 15 is 0 Å². The van der Waals surface area contributed by atoms with Crippen LogP contribution in [0.5, 0.6) is 0 Å². The fraction of sp³-hybridized carbons (Fsp3) is 0.167. The lowest BCUT2D eigenvalue weighted by atomic mass is 10.1. The van der Waals surface area contributed by atoms with Crippen LogP contribution in [-0.2, 0) is 4.79 Å². The minimum absolute atomic E-state index is 0.169. The van der Waals surface area contributed by atoms with Gasteiger partial charge in [-0.3, -0.25) is 9.89 Å². The van der Waals surface area contributed by atoms with E-state index in [0.717, 1.165) is 11.1 Å². The van der Waals surface area contributed by atoms with Gasteiger partial charge in [0.25, 0.3) is 0 Å². The van der Waals surface area contributed by atoms with E-state index in [0.29, 0.717) is 22.2 Å². The maximum atomic E-state index is 13.1. The van der Waals surface area contributed by atoms with Gasteiger partial charge in [-0.25, -0.2) is 9.37 Å². The average Bonchev–Trinajstić information content (AvgIpc) is 3.05. The van der Waals surface area contributed by atoms with E-state index in [9.17, 15) is 9.18 Å². The summed E-state index contributed by atoms with van der Waals surface area (Å²) >= 11 is 1.24. The summed E-state index contributed by atoms with van der Waals surface area (Å²) in [5, 5.41) is 10.3. The molecule has 3 rings (SSSR count). The van der Waals surface area contributed by atoms with Crippen LogP contribution in [0.4, 0.5) is 10.1 Å². The van der Waals surface area contributed by atoms with Crippen LogP contribution in [0.3, 0.4) is 0 Å². The summed E-state index contributed by atoms with van der Waals surface area (Å²) in [5.41, 5.74) is 3.36. The van der Waals surface area contributed by atoms with Gasteiger partial charge in [0.15, 0.2) is 5.82 Å². The largest absolute Gasteiger partial charge is 0.325 e. The summed E-state index contributed by atoms with van der Waals surface area (Å²) in [4.78, 5) is 16.4. The molecular weight excluding hydrogens is 339 g/mol. The van der Waals surface area contributed by atoms with E-state index < -0.39 is 0 Å². The van der Waals surface area contributed by atoms with Gasteiger partial charge in [0.2, 0.25) is 11.1 Å². The maximum Gasteiger partial charge on any atom is 0.234 e. The van der Waals surface area contributed by atoms with Crippen LogP contribution in [0.1, 0.15) is 11.1 Å². The molecule has 1 heterocycles. The molecule has 0 aliphatic carbocycles. The van der Waals surface area contributed by atoms with Crippen molar-refractivity contribution in [3.63, 3.8) is 0 Å². The van der Waals surface area contributed by atoms with Crippen molar-refractivity contribution in [2.24, 2.45) is 0 Å². The van der Waals surface area contributed by atoms with E-state index in [4.69, 9.17) is 0 Å². The molecule has 128 valence electrons. The molecule has 5 nitrogen and oxygen atoms in total. The Morgan fingerprint density at radius 2 is 2.08 bits per heavy atom. The number of anilines is 1. The Morgan fingerprint density at radius 3 is 2.84 bits per heavy atom. The molecule has 0 spiro atoms. The van der Waals surface area contributed by atoms with E-state index in [1.165, 1.54) is 23.9 Å². The Kier molecular flexibility index (Phi) is 5.14. The molecular formula is C18H17FN4OS. The number of H-pyrrole nitrogens is 1. The second-order valence-electron chi connectivity index (χ2n) is 5.63. The third-order valence-corrected chi connectivity index (χ3v) is 4.40. The van der Waals surface area contributed by atoms with Crippen LogP contribution >= 0.6 is 11.8 Å². The molecule has 0 aliphatic heterocycles. The molecule has 0 atom stereocenters. The lowest BCUT2D eigenvalue weighted by Gasteiger charge is -2.07. The highest BCUT2D eigenvalue weighted by molar-refractivity contribution is 7.99. The number of halogens is 1. The van der Waals surface area contributed by atoms with Crippen LogP contribution < -0.4 is 5.32 Å². The van der Waals surface area contributed by atoms with E-state index in [2.05, 4.69) is 20.5 Å². The molecule has 1 amide bonds. The Bertz CT molecular complexity index is 910. The summed E-state index contributed by atoms with van der Waals surface area (Å²) in [6, 6.07) is 12.2. The predicted molar refractivity (Wildman–Crippen MR) is 97.0 cm³/mol. The summed E-state index contributed by atoms with van der Waals surface area (Å²) in [6.45, 7) is 3.76. The zero-order valence-electron chi connectivity index (χ0n) is 13.8. The number of carbonyl (C=O) groups excluding carboxylic acids is 1. The summed E-state index contributed by atoms with van der Waals surface area (Å²) in [5.74, 6) is 0.318. The molecule has 3 aromatic rings. The van der Waals surface area contributed by atoms with Crippen LogP contribution in [0.15, 0.2) is 47.6 Å². The van der Waals surface area contributed by atoms with Crippen molar-refractivity contribution in [2.45, 2.75) is 19.0 Å². The lowest BCUT2D eigenvalue weighted by Crippen LogP contribution is -2.15. The van der Waals surface area contributed by atoms with Crippen LogP contribution in [0.25, 0.3) is 11.4 Å². The van der Waals surface area contributed by atoms with Crippen LogP contribution in [0.2, 0.25) is 0 Å². The third-order valence-electron chi connectivity index (χ3n) is 3.55. The van der Waals surface area contributed by atoms with Crippen molar-refractivity contribution < 1.29 is 9.18 Å². The molecule has 0 unspecified atom stereocenters. The molecule has 25 heavy (non-hydrogen) atoms. The second kappa shape index (κ2) is 7.48. The molecule has 0 saturated carbocycles. The molecule has 7 heteroatoms. The number of thioether (sulfide) groups is 1. The maximum absolute atomic E-state index is 13.1. The Balaban J connectivity index is 1.59. The highest BCUT2D eigenvalue weighted by atomic mass is 32.2. The van der Waals surface area contributed by atoms with Crippen molar-refractivity contribution in [1.82, 2.24) is 15.2 Å². The van der Waals surface area contributed by atoms with E-state index in [1.54, 1.807) is 13.0 Å². The fourth-order valence-corrected chi connectivity index (χ4v) is 2.91. The smallest absolute Gasteiger partial charge is 0.234 e. The number of aromatic amines is 1. The summed E-state index contributed by atoms with van der Waals surface area (Å²) in [7, 11) is 0. The first-order valence-electron chi connectivity index (χ1n) is 7.69. The topological polar surface area (TPSA) is 70.7 Å². The van der Waals surface area contributed by atoms with Crippen molar-refractivity contribution in [3.8, 4) is 11.4 Å². The lowest BCUT2D eigenvalue weighted by molar-refractivity contribution is -0.113. The zero-order valence-corrected chi connectivity index (χ0v) is 14.7. The van der Waals surface area contributed by atoms with Crippen molar-refractivity contribution in [3.05, 3.63) is 59.4 Å². The van der Waals surface area contributed by atoms with Gasteiger partial charge in [-0.15, -0.1) is 5.10 Å². The third kappa shape index (κ3) is 4.45. The normalized spacial score (nSPS) is 10.7. The zero-order chi connectivity index (χ0) is 17.8. The highest BCUT2D eigenvalue weighted by Gasteiger charge is 2.10. The van der Waals surface area contributed by atoms with Crippen molar-refractivity contribution >= 4 is 23.4 Å². The van der Waals surface area contributed by atoms with Crippen molar-refractivity contribution in [2.75, 3.05) is 11.1 Å². The van der Waals surface area contributed by atoms with Gasteiger partial charge in [-0.1, -0.05) is 35.5 Å². The minimum Gasteiger partial charge on any atom is -0.325 e. The van der Waals surface area contributed by atoms with Crippen molar-refractivity contribution in [1.29, 1.82) is 0 Å². The molecule has 0 fully saturated rings. The minimum atomic E-state index is -0.325. The summed E-state index contributed by atoms with van der Waals surface area (Å²) < 4.78 is 13.1. The van der Waals surface area contributed by atoms with Crippen LogP contribution in [-0.4, -0.2) is 26.8 Å². The van der Waals surface area contributed by atoms with E-state index in [-0.39, 0.29) is 17.5 Å². The predicted octanol–water partition coefficient (Wildman–Crippen LogP) is 3.96. The van der Waals surface area contributed by atoms with Gasteiger partial charge >= 0.3 is 0 Å². The number of hydrogen-bond acceptors (Lipinski definition) is 4. The number of hydrogen-bond donors (Lipinski definition) is 2. The quantitative estimate of drug-likeness (QED) is 0.679. The Hall–Kier alpha value is -2.67. The number of aryl methyl sites for hydroxylation is 2. The van der Waals surface area contributed by atoms with Gasteiger partial charge in [0.05, 0.1) is 5.75 Å². The molecule has 0 saturated heterocycles. The molecule has 1 aromatic heterocycles. The first kappa shape index (κ1) is 17.2. The number of rotatable bonds is 5. The Morgan fingerprint density at radius 1 is 1.24 bits per heavy atom. The van der Waals surface area contributed by atoms with Gasteiger partial charge < -0.3 is 5.32 Å². The van der Waals surface area contributed by atoms with Gasteiger partial charge in [-0.05, 0) is 43.7 Å². The summed E-state index contributed by atoms with van der Waals surface area (Å²) in [6.07, 6.45) is 0. The first-order chi connectivity index (χ1) is 12.0. The SMILES string of the molecule is Cc1cccc(-c2nc(SCC(=O)Nc3ccc(F)cc3C)n[nH]2)c1. The average molecular weight is 356 g/mol. The van der Waals surface area contributed by atoms with Gasteiger partial charge in [0.1, 0.15) is 5.82 Å². The molecule has 0 bridgehead atoms. The number of benzene rings is 2. The number of carbonyl (C=O) groups is 1. The number of nitrogens with zero attached hydrogens (tertiary/aromatic N) is 2. The number of aromatic nitrogens is 3. The van der Waals surface area contributed by atoms with Crippen LogP contribution in [0, 0.1) is 19.7 Å². The standard InChI is InChI=1S/C18H17FN4OS/c1-11-4-3-5-13(8-11)17-21-18(23-22-17)25-10-16(24)20-15-7-6-14(19)9-12(15)2/h3-9H,10H2,1-2H3,(H,20,24)(H,21,22,23). The molecule has 0 radical (unpaired) electrons. The van der Waals surface area contributed by atoms with Gasteiger partial charge in [-0.2, -0.15) is 0 Å². The number of amides is 1. The van der Waals surface area contributed by atoms with E-state index in [1.807, 2.05) is 31.2 Å². The highest BCUT2D eigenvalue weighted by Crippen LogP contribution is 2.21.